The van der Waals surface area contributed by atoms with E-state index in [2.05, 4.69) is 11.9 Å². The number of carboxylic acids is 1. The molecule has 0 radical (unpaired) electrons. The number of nitrogens with zero attached hydrogens (tertiary/aromatic N) is 1. The van der Waals surface area contributed by atoms with Gasteiger partial charge in [0, 0.05) is 18.5 Å². The number of likely N-dealkylation sites (tertiary alicyclic amines) is 1. The highest BCUT2D eigenvalue weighted by Gasteiger charge is 2.26. The first-order chi connectivity index (χ1) is 8.87. The van der Waals surface area contributed by atoms with E-state index in [4.69, 9.17) is 9.84 Å². The quantitative estimate of drug-likeness (QED) is 0.884. The molecule has 1 aromatic rings. The van der Waals surface area contributed by atoms with Crippen LogP contribution in [-0.2, 0) is 10.2 Å². The van der Waals surface area contributed by atoms with Crippen molar-refractivity contribution in [3.63, 3.8) is 0 Å². The Labute approximate surface area is 114 Å². The summed E-state index contributed by atoms with van der Waals surface area (Å²) in [6.45, 7) is 5.81. The number of rotatable bonds is 5. The summed E-state index contributed by atoms with van der Waals surface area (Å²) in [5.74, 6) is 0.0795. The van der Waals surface area contributed by atoms with Crippen LogP contribution in [0, 0.1) is 0 Å². The maximum absolute atomic E-state index is 10.8. The largest absolute Gasteiger partial charge is 0.488 e. The molecule has 1 fully saturated rings. The molecule has 1 aliphatic heterocycles. The smallest absolute Gasteiger partial charge is 0.304 e. The summed E-state index contributed by atoms with van der Waals surface area (Å²) in [4.78, 5) is 13.1. The Kier molecular flexibility index (Phi) is 3.80. The van der Waals surface area contributed by atoms with Gasteiger partial charge in [0.25, 0.3) is 0 Å². The molecule has 104 valence electrons. The maximum atomic E-state index is 10.8. The standard InChI is InChI=1S/C15H21NO3/c1-15(2,8-14(17)18)11-4-6-12(7-5-11)19-13-9-16(3)10-13/h4-7,13H,8-10H2,1-3H3,(H,17,18). The van der Waals surface area contributed by atoms with Crippen molar-refractivity contribution in [1.29, 1.82) is 0 Å². The molecule has 0 spiro atoms. The first kappa shape index (κ1) is 13.9. The maximum Gasteiger partial charge on any atom is 0.304 e. The summed E-state index contributed by atoms with van der Waals surface area (Å²) in [6.07, 6.45) is 0.406. The highest BCUT2D eigenvalue weighted by molar-refractivity contribution is 5.68. The Hall–Kier alpha value is -1.55. The van der Waals surface area contributed by atoms with Gasteiger partial charge in [0.1, 0.15) is 11.9 Å². The molecule has 1 saturated heterocycles. The Balaban J connectivity index is 1.99. The fourth-order valence-corrected chi connectivity index (χ4v) is 2.37. The molecule has 0 unspecified atom stereocenters. The summed E-state index contributed by atoms with van der Waals surface area (Å²) in [5, 5.41) is 8.92. The zero-order valence-corrected chi connectivity index (χ0v) is 11.7. The number of aliphatic carboxylic acids is 1. The molecule has 19 heavy (non-hydrogen) atoms. The van der Waals surface area contributed by atoms with Crippen molar-refractivity contribution in [1.82, 2.24) is 4.90 Å². The lowest BCUT2D eigenvalue weighted by atomic mass is 9.82. The Bertz CT molecular complexity index is 447. The first-order valence-electron chi connectivity index (χ1n) is 6.54. The lowest BCUT2D eigenvalue weighted by Gasteiger charge is -2.36. The van der Waals surface area contributed by atoms with Gasteiger partial charge < -0.3 is 9.84 Å². The van der Waals surface area contributed by atoms with Gasteiger partial charge in [-0.05, 0) is 24.7 Å². The molecule has 2 rings (SSSR count). The fraction of sp³-hybridized carbons (Fsp3) is 0.533. The van der Waals surface area contributed by atoms with E-state index in [-0.39, 0.29) is 17.9 Å². The monoisotopic (exact) mass is 263 g/mol. The van der Waals surface area contributed by atoms with Gasteiger partial charge in [-0.2, -0.15) is 0 Å². The Morgan fingerprint density at radius 1 is 1.37 bits per heavy atom. The molecule has 1 heterocycles. The number of carboxylic acid groups (broad SMARTS) is 1. The summed E-state index contributed by atoms with van der Waals surface area (Å²) in [5.41, 5.74) is 0.661. The average Bonchev–Trinajstić information content (AvgIpc) is 2.26. The van der Waals surface area contributed by atoms with Crippen LogP contribution < -0.4 is 4.74 Å². The average molecular weight is 263 g/mol. The van der Waals surface area contributed by atoms with Crippen molar-refractivity contribution < 1.29 is 14.6 Å². The minimum Gasteiger partial charge on any atom is -0.488 e. The van der Waals surface area contributed by atoms with Gasteiger partial charge in [0.2, 0.25) is 0 Å². The molecular formula is C15H21NO3. The van der Waals surface area contributed by atoms with Gasteiger partial charge in [0.15, 0.2) is 0 Å². The minimum atomic E-state index is -0.775. The zero-order valence-electron chi connectivity index (χ0n) is 11.7. The van der Waals surface area contributed by atoms with Gasteiger partial charge in [-0.25, -0.2) is 0 Å². The van der Waals surface area contributed by atoms with Crippen molar-refractivity contribution in [3.05, 3.63) is 29.8 Å². The van der Waals surface area contributed by atoms with E-state index in [9.17, 15) is 4.79 Å². The number of likely N-dealkylation sites (N-methyl/N-ethyl adjacent to an activating group) is 1. The van der Waals surface area contributed by atoms with Crippen molar-refractivity contribution in [2.45, 2.75) is 31.8 Å². The highest BCUT2D eigenvalue weighted by Crippen LogP contribution is 2.29. The van der Waals surface area contributed by atoms with Gasteiger partial charge >= 0.3 is 5.97 Å². The zero-order chi connectivity index (χ0) is 14.0. The minimum absolute atomic E-state index is 0.126. The molecule has 0 atom stereocenters. The molecular weight excluding hydrogens is 242 g/mol. The first-order valence-corrected chi connectivity index (χ1v) is 6.54. The lowest BCUT2D eigenvalue weighted by molar-refractivity contribution is -0.138. The number of hydrogen-bond acceptors (Lipinski definition) is 3. The summed E-state index contributed by atoms with van der Waals surface area (Å²) in [6, 6.07) is 7.77. The molecule has 0 bridgehead atoms. The second-order valence-corrected chi connectivity index (χ2v) is 5.94. The van der Waals surface area contributed by atoms with E-state index < -0.39 is 5.97 Å². The molecule has 1 aromatic carbocycles. The molecule has 0 amide bonds. The third-order valence-electron chi connectivity index (χ3n) is 3.56. The number of carbonyl (C=O) groups is 1. The van der Waals surface area contributed by atoms with Crippen molar-refractivity contribution >= 4 is 5.97 Å². The summed E-state index contributed by atoms with van der Waals surface area (Å²) >= 11 is 0. The molecule has 4 heteroatoms. The van der Waals surface area contributed by atoms with E-state index in [0.717, 1.165) is 24.4 Å². The normalized spacial score (nSPS) is 17.0. The van der Waals surface area contributed by atoms with E-state index in [1.165, 1.54) is 0 Å². The third kappa shape index (κ3) is 3.47. The molecule has 0 saturated carbocycles. The number of benzene rings is 1. The SMILES string of the molecule is CN1CC(Oc2ccc(C(C)(C)CC(=O)O)cc2)C1. The van der Waals surface area contributed by atoms with Crippen LogP contribution in [0.5, 0.6) is 5.75 Å². The van der Waals surface area contributed by atoms with Crippen LogP contribution in [0.2, 0.25) is 0 Å². The molecule has 1 N–H and O–H groups in total. The van der Waals surface area contributed by atoms with Crippen LogP contribution >= 0.6 is 0 Å². The molecule has 0 aliphatic carbocycles. The van der Waals surface area contributed by atoms with Crippen molar-refractivity contribution in [3.8, 4) is 5.75 Å². The van der Waals surface area contributed by atoms with Gasteiger partial charge in [-0.3, -0.25) is 9.69 Å². The Morgan fingerprint density at radius 2 is 1.95 bits per heavy atom. The van der Waals surface area contributed by atoms with E-state index in [1.807, 2.05) is 38.1 Å². The van der Waals surface area contributed by atoms with Crippen LogP contribution in [0.25, 0.3) is 0 Å². The second kappa shape index (κ2) is 5.21. The second-order valence-electron chi connectivity index (χ2n) is 5.94. The van der Waals surface area contributed by atoms with Crippen LogP contribution in [0.1, 0.15) is 25.8 Å². The summed E-state index contributed by atoms with van der Waals surface area (Å²) < 4.78 is 5.81. The van der Waals surface area contributed by atoms with Crippen LogP contribution in [0.15, 0.2) is 24.3 Å². The third-order valence-corrected chi connectivity index (χ3v) is 3.56. The summed E-state index contributed by atoms with van der Waals surface area (Å²) in [7, 11) is 2.07. The van der Waals surface area contributed by atoms with Crippen molar-refractivity contribution in [2.75, 3.05) is 20.1 Å². The van der Waals surface area contributed by atoms with Crippen LogP contribution in [-0.4, -0.2) is 42.2 Å². The molecule has 4 nitrogen and oxygen atoms in total. The number of hydrogen-bond donors (Lipinski definition) is 1. The highest BCUT2D eigenvalue weighted by atomic mass is 16.5. The Morgan fingerprint density at radius 3 is 2.42 bits per heavy atom. The van der Waals surface area contributed by atoms with Gasteiger partial charge in [0.05, 0.1) is 6.42 Å². The van der Waals surface area contributed by atoms with E-state index in [1.54, 1.807) is 0 Å². The fourth-order valence-electron chi connectivity index (χ4n) is 2.37. The van der Waals surface area contributed by atoms with Crippen LogP contribution in [0.4, 0.5) is 0 Å². The lowest BCUT2D eigenvalue weighted by Crippen LogP contribution is -2.51. The van der Waals surface area contributed by atoms with Crippen LogP contribution in [0.3, 0.4) is 0 Å². The van der Waals surface area contributed by atoms with Gasteiger partial charge in [-0.15, -0.1) is 0 Å². The molecule has 0 aromatic heterocycles. The van der Waals surface area contributed by atoms with Crippen molar-refractivity contribution in [2.24, 2.45) is 0 Å². The topological polar surface area (TPSA) is 49.8 Å². The molecule has 1 aliphatic rings. The predicted octanol–water partition coefficient (Wildman–Crippen LogP) is 2.13. The number of ether oxygens (including phenoxy) is 1. The van der Waals surface area contributed by atoms with Gasteiger partial charge in [-0.1, -0.05) is 26.0 Å². The van der Waals surface area contributed by atoms with E-state index in [0.29, 0.717) is 0 Å². The van der Waals surface area contributed by atoms with E-state index >= 15 is 0 Å². The predicted molar refractivity (Wildman–Crippen MR) is 73.6 cm³/mol.